The van der Waals surface area contributed by atoms with Gasteiger partial charge in [0.15, 0.2) is 0 Å². The highest BCUT2D eigenvalue weighted by molar-refractivity contribution is 5.88. The van der Waals surface area contributed by atoms with Crippen LogP contribution >= 0.6 is 0 Å². The summed E-state index contributed by atoms with van der Waals surface area (Å²) in [5, 5.41) is 2.74. The van der Waals surface area contributed by atoms with E-state index in [9.17, 15) is 9.59 Å². The highest BCUT2D eigenvalue weighted by atomic mass is 16.5. The van der Waals surface area contributed by atoms with E-state index >= 15 is 0 Å². The first-order chi connectivity index (χ1) is 15.5. The van der Waals surface area contributed by atoms with E-state index < -0.39 is 6.04 Å². The molecule has 0 radical (unpaired) electrons. The Balaban J connectivity index is 1.94. The Labute approximate surface area is 190 Å². The zero-order chi connectivity index (χ0) is 22.9. The zero-order valence-corrected chi connectivity index (χ0v) is 18.9. The maximum Gasteiger partial charge on any atom is 0.242 e. The number of likely N-dealkylation sites (N-methyl/N-ethyl adjacent to an activating group) is 1. The Morgan fingerprint density at radius 3 is 2.25 bits per heavy atom. The van der Waals surface area contributed by atoms with Crippen LogP contribution in [0.3, 0.4) is 0 Å². The molecule has 0 heterocycles. The second kappa shape index (κ2) is 11.1. The van der Waals surface area contributed by atoms with Crippen molar-refractivity contribution in [2.24, 2.45) is 0 Å². The minimum atomic E-state index is -0.633. The van der Waals surface area contributed by atoms with Gasteiger partial charge in [-0.25, -0.2) is 0 Å². The molecule has 0 fully saturated rings. The molecule has 0 bridgehead atoms. The lowest BCUT2D eigenvalue weighted by Crippen LogP contribution is -2.50. The average Bonchev–Trinajstić information content (AvgIpc) is 2.83. The highest BCUT2D eigenvalue weighted by Gasteiger charge is 2.29. The maximum atomic E-state index is 13.5. The lowest BCUT2D eigenvalue weighted by Gasteiger charge is -2.31. The second-order valence-electron chi connectivity index (χ2n) is 7.86. The average molecular weight is 431 g/mol. The van der Waals surface area contributed by atoms with Crippen LogP contribution in [0.4, 0.5) is 0 Å². The van der Waals surface area contributed by atoms with Crippen LogP contribution in [0.5, 0.6) is 5.75 Å². The van der Waals surface area contributed by atoms with Gasteiger partial charge in [-0.2, -0.15) is 0 Å². The lowest BCUT2D eigenvalue weighted by atomic mass is 10.0. The molecule has 3 aromatic rings. The number of methoxy groups -OCH3 is 1. The normalized spacial score (nSPS) is 11.5. The van der Waals surface area contributed by atoms with Crippen LogP contribution in [0.1, 0.15) is 22.3 Å². The van der Waals surface area contributed by atoms with Crippen LogP contribution in [-0.4, -0.2) is 36.9 Å². The molecule has 0 aliphatic rings. The predicted molar refractivity (Wildman–Crippen MR) is 126 cm³/mol. The van der Waals surface area contributed by atoms with E-state index in [0.29, 0.717) is 18.7 Å². The first-order valence-electron chi connectivity index (χ1n) is 10.7. The van der Waals surface area contributed by atoms with Crippen molar-refractivity contribution in [3.63, 3.8) is 0 Å². The smallest absolute Gasteiger partial charge is 0.242 e. The van der Waals surface area contributed by atoms with Crippen molar-refractivity contribution in [1.82, 2.24) is 10.2 Å². The summed E-state index contributed by atoms with van der Waals surface area (Å²) in [6.45, 7) is 2.33. The monoisotopic (exact) mass is 430 g/mol. The number of hydrogen-bond donors (Lipinski definition) is 1. The summed E-state index contributed by atoms with van der Waals surface area (Å²) in [6.07, 6.45) is 0.663. The van der Waals surface area contributed by atoms with Gasteiger partial charge in [-0.15, -0.1) is 0 Å². The summed E-state index contributed by atoms with van der Waals surface area (Å²) >= 11 is 0. The van der Waals surface area contributed by atoms with Crippen LogP contribution < -0.4 is 10.1 Å². The van der Waals surface area contributed by atoms with Gasteiger partial charge in [-0.1, -0.05) is 72.3 Å². The van der Waals surface area contributed by atoms with Crippen molar-refractivity contribution in [1.29, 1.82) is 0 Å². The molecule has 0 spiro atoms. The van der Waals surface area contributed by atoms with E-state index in [4.69, 9.17) is 4.74 Å². The SMILES string of the molecule is CNC(=O)C(Cc1ccccc1)N(Cc1cccc(OC)c1)C(=O)Cc1ccc(C)cc1. The number of ether oxygens (including phenoxy) is 1. The van der Waals surface area contributed by atoms with E-state index in [1.165, 1.54) is 0 Å². The van der Waals surface area contributed by atoms with E-state index in [2.05, 4.69) is 5.32 Å². The minimum Gasteiger partial charge on any atom is -0.497 e. The zero-order valence-electron chi connectivity index (χ0n) is 18.9. The van der Waals surface area contributed by atoms with Crippen molar-refractivity contribution in [3.05, 3.63) is 101 Å². The number of carbonyl (C=O) groups excluding carboxylic acids is 2. The van der Waals surface area contributed by atoms with Crippen molar-refractivity contribution >= 4 is 11.8 Å². The molecule has 1 atom stereocenters. The van der Waals surface area contributed by atoms with Crippen molar-refractivity contribution < 1.29 is 14.3 Å². The molecule has 1 N–H and O–H groups in total. The number of benzene rings is 3. The van der Waals surface area contributed by atoms with E-state index in [1.54, 1.807) is 19.1 Å². The molecular formula is C27H30N2O3. The molecule has 5 nitrogen and oxygen atoms in total. The second-order valence-corrected chi connectivity index (χ2v) is 7.86. The first kappa shape index (κ1) is 23.1. The Kier molecular flexibility index (Phi) is 8.03. The number of nitrogens with zero attached hydrogens (tertiary/aromatic N) is 1. The van der Waals surface area contributed by atoms with Crippen molar-refractivity contribution in [2.75, 3.05) is 14.2 Å². The van der Waals surface area contributed by atoms with Crippen LogP contribution in [0.2, 0.25) is 0 Å². The molecule has 0 saturated carbocycles. The Morgan fingerprint density at radius 2 is 1.59 bits per heavy atom. The standard InChI is InChI=1S/C27H30N2O3/c1-20-12-14-22(15-13-20)18-26(30)29(19-23-10-7-11-24(16-23)32-3)25(27(31)28-2)17-21-8-5-4-6-9-21/h4-16,25H,17-19H2,1-3H3,(H,28,31). The third-order valence-corrected chi connectivity index (χ3v) is 5.48. The lowest BCUT2D eigenvalue weighted by molar-refractivity contribution is -0.140. The van der Waals surface area contributed by atoms with Gasteiger partial charge in [-0.05, 0) is 35.7 Å². The van der Waals surface area contributed by atoms with Crippen LogP contribution in [-0.2, 0) is 29.0 Å². The molecule has 3 rings (SSSR count). The molecule has 0 aliphatic carbocycles. The molecule has 2 amide bonds. The third-order valence-electron chi connectivity index (χ3n) is 5.48. The van der Waals surface area contributed by atoms with Gasteiger partial charge in [0.2, 0.25) is 11.8 Å². The molecule has 0 aliphatic heterocycles. The van der Waals surface area contributed by atoms with E-state index in [-0.39, 0.29) is 18.2 Å². The molecule has 0 aromatic heterocycles. The Morgan fingerprint density at radius 1 is 0.906 bits per heavy atom. The Hall–Kier alpha value is -3.60. The number of aryl methyl sites for hydroxylation is 1. The topological polar surface area (TPSA) is 58.6 Å². The summed E-state index contributed by atoms with van der Waals surface area (Å²) in [7, 11) is 3.22. The fraction of sp³-hybridized carbons (Fsp3) is 0.259. The molecular weight excluding hydrogens is 400 g/mol. The van der Waals surface area contributed by atoms with E-state index in [1.807, 2.05) is 85.8 Å². The largest absolute Gasteiger partial charge is 0.497 e. The number of carbonyl (C=O) groups is 2. The third kappa shape index (κ3) is 6.20. The molecule has 1 unspecified atom stereocenters. The highest BCUT2D eigenvalue weighted by Crippen LogP contribution is 2.19. The summed E-state index contributed by atoms with van der Waals surface area (Å²) in [6, 6.07) is 24.7. The van der Waals surface area contributed by atoms with Gasteiger partial charge < -0.3 is 15.0 Å². The van der Waals surface area contributed by atoms with Gasteiger partial charge >= 0.3 is 0 Å². The van der Waals surface area contributed by atoms with Crippen LogP contribution in [0.15, 0.2) is 78.9 Å². The summed E-state index contributed by atoms with van der Waals surface area (Å²) < 4.78 is 5.35. The van der Waals surface area contributed by atoms with Crippen LogP contribution in [0.25, 0.3) is 0 Å². The minimum absolute atomic E-state index is 0.0961. The van der Waals surface area contributed by atoms with Gasteiger partial charge in [0, 0.05) is 20.0 Å². The number of nitrogens with one attached hydrogen (secondary N) is 1. The predicted octanol–water partition coefficient (Wildman–Crippen LogP) is 3.93. The fourth-order valence-corrected chi connectivity index (χ4v) is 3.67. The number of rotatable bonds is 9. The van der Waals surface area contributed by atoms with Gasteiger partial charge in [0.25, 0.3) is 0 Å². The van der Waals surface area contributed by atoms with Crippen molar-refractivity contribution in [3.8, 4) is 5.75 Å². The van der Waals surface area contributed by atoms with Crippen molar-refractivity contribution in [2.45, 2.75) is 32.4 Å². The molecule has 0 saturated heterocycles. The summed E-state index contributed by atoms with van der Waals surface area (Å²) in [5.74, 6) is 0.434. The summed E-state index contributed by atoms with van der Waals surface area (Å²) in [4.78, 5) is 28.1. The summed E-state index contributed by atoms with van der Waals surface area (Å²) in [5.41, 5.74) is 3.97. The molecule has 32 heavy (non-hydrogen) atoms. The Bertz CT molecular complexity index is 1030. The van der Waals surface area contributed by atoms with Gasteiger partial charge in [-0.3, -0.25) is 9.59 Å². The fourth-order valence-electron chi connectivity index (χ4n) is 3.67. The quantitative estimate of drug-likeness (QED) is 0.560. The molecule has 5 heteroatoms. The van der Waals surface area contributed by atoms with Crippen LogP contribution in [0, 0.1) is 6.92 Å². The van der Waals surface area contributed by atoms with Gasteiger partial charge in [0.1, 0.15) is 11.8 Å². The number of hydrogen-bond acceptors (Lipinski definition) is 3. The molecule has 3 aromatic carbocycles. The molecule has 166 valence electrons. The number of amides is 2. The first-order valence-corrected chi connectivity index (χ1v) is 10.7. The van der Waals surface area contributed by atoms with E-state index in [0.717, 1.165) is 22.3 Å². The van der Waals surface area contributed by atoms with Gasteiger partial charge in [0.05, 0.1) is 13.5 Å². The maximum absolute atomic E-state index is 13.5.